The molecule has 0 aromatic heterocycles. The molecule has 0 spiro atoms. The molecular formula is C18H17ClO4. The summed E-state index contributed by atoms with van der Waals surface area (Å²) in [5.41, 5.74) is 2.82. The summed E-state index contributed by atoms with van der Waals surface area (Å²) >= 11 is 6.23. The van der Waals surface area contributed by atoms with Crippen LogP contribution in [0.5, 0.6) is 11.5 Å². The van der Waals surface area contributed by atoms with Gasteiger partial charge in [-0.2, -0.15) is 0 Å². The van der Waals surface area contributed by atoms with Gasteiger partial charge in [0.1, 0.15) is 6.61 Å². The molecule has 120 valence electrons. The average molecular weight is 333 g/mol. The molecule has 0 bridgehead atoms. The molecule has 0 radical (unpaired) electrons. The van der Waals surface area contributed by atoms with Crippen molar-refractivity contribution in [3.63, 3.8) is 0 Å². The molecule has 0 atom stereocenters. The van der Waals surface area contributed by atoms with Gasteiger partial charge in [-0.05, 0) is 36.3 Å². The fourth-order valence-electron chi connectivity index (χ4n) is 1.98. The molecule has 0 fully saturated rings. The van der Waals surface area contributed by atoms with E-state index in [1.54, 1.807) is 12.1 Å². The summed E-state index contributed by atoms with van der Waals surface area (Å²) in [7, 11) is 1.51. The lowest BCUT2D eigenvalue weighted by atomic mass is 10.1. The third kappa shape index (κ3) is 4.76. The monoisotopic (exact) mass is 332 g/mol. The summed E-state index contributed by atoms with van der Waals surface area (Å²) < 4.78 is 11.1. The Morgan fingerprint density at radius 1 is 1.26 bits per heavy atom. The Hall–Kier alpha value is -2.46. The van der Waals surface area contributed by atoms with Crippen LogP contribution in [0.1, 0.15) is 16.7 Å². The molecule has 5 heteroatoms. The molecule has 0 aliphatic rings. The Morgan fingerprint density at radius 2 is 1.96 bits per heavy atom. The molecule has 0 aliphatic heterocycles. The second-order valence-corrected chi connectivity index (χ2v) is 5.39. The first-order chi connectivity index (χ1) is 11.0. The predicted molar refractivity (Wildman–Crippen MR) is 90.2 cm³/mol. The van der Waals surface area contributed by atoms with Crippen molar-refractivity contribution in [2.45, 2.75) is 13.5 Å². The predicted octanol–water partition coefficient (Wildman–Crippen LogP) is 4.33. The summed E-state index contributed by atoms with van der Waals surface area (Å²) in [4.78, 5) is 10.6. The number of carboxylic acid groups (broad SMARTS) is 1. The van der Waals surface area contributed by atoms with Crippen molar-refractivity contribution in [3.8, 4) is 11.5 Å². The van der Waals surface area contributed by atoms with E-state index in [1.165, 1.54) is 18.7 Å². The van der Waals surface area contributed by atoms with Crippen molar-refractivity contribution in [2.75, 3.05) is 7.11 Å². The van der Waals surface area contributed by atoms with Crippen LogP contribution in [0.3, 0.4) is 0 Å². The van der Waals surface area contributed by atoms with Crippen molar-refractivity contribution in [3.05, 3.63) is 64.2 Å². The van der Waals surface area contributed by atoms with Gasteiger partial charge in [0.15, 0.2) is 11.5 Å². The maximum absolute atomic E-state index is 10.6. The van der Waals surface area contributed by atoms with Gasteiger partial charge in [0.25, 0.3) is 0 Å². The standard InChI is InChI=1S/C18H17ClO4/c1-12-3-5-13(6-4-12)11-23-18-15(19)9-14(7-8-17(20)21)10-16(18)22-2/h3-10H,11H2,1-2H3,(H,20,21). The fourth-order valence-corrected chi connectivity index (χ4v) is 2.26. The van der Waals surface area contributed by atoms with Crippen molar-refractivity contribution in [1.29, 1.82) is 0 Å². The summed E-state index contributed by atoms with van der Waals surface area (Å²) in [6, 6.07) is 11.3. The number of aliphatic carboxylic acids is 1. The Labute approximate surface area is 139 Å². The first-order valence-electron chi connectivity index (χ1n) is 6.96. The summed E-state index contributed by atoms with van der Waals surface area (Å²) in [5, 5.41) is 9.04. The van der Waals surface area contributed by atoms with Gasteiger partial charge in [-0.25, -0.2) is 4.79 Å². The normalized spacial score (nSPS) is 10.7. The van der Waals surface area contributed by atoms with E-state index in [-0.39, 0.29) is 0 Å². The number of halogens is 1. The van der Waals surface area contributed by atoms with Crippen LogP contribution in [0.2, 0.25) is 5.02 Å². The molecule has 0 saturated carbocycles. The molecule has 0 unspecified atom stereocenters. The quantitative estimate of drug-likeness (QED) is 0.800. The summed E-state index contributed by atoms with van der Waals surface area (Å²) in [6.07, 6.45) is 2.48. The van der Waals surface area contributed by atoms with E-state index in [0.29, 0.717) is 28.7 Å². The molecule has 0 saturated heterocycles. The topological polar surface area (TPSA) is 55.8 Å². The van der Waals surface area contributed by atoms with E-state index in [9.17, 15) is 4.79 Å². The van der Waals surface area contributed by atoms with Crippen LogP contribution in [-0.4, -0.2) is 18.2 Å². The number of rotatable bonds is 6. The second kappa shape index (κ2) is 7.70. The molecule has 0 heterocycles. The van der Waals surface area contributed by atoms with Gasteiger partial charge in [0, 0.05) is 6.08 Å². The number of benzene rings is 2. The highest BCUT2D eigenvalue weighted by molar-refractivity contribution is 6.32. The van der Waals surface area contributed by atoms with E-state index in [0.717, 1.165) is 11.6 Å². The minimum absolute atomic E-state index is 0.362. The average Bonchev–Trinajstić information content (AvgIpc) is 2.53. The first-order valence-corrected chi connectivity index (χ1v) is 7.34. The number of carboxylic acids is 1. The van der Waals surface area contributed by atoms with Gasteiger partial charge in [-0.15, -0.1) is 0 Å². The van der Waals surface area contributed by atoms with E-state index >= 15 is 0 Å². The van der Waals surface area contributed by atoms with E-state index in [1.807, 2.05) is 31.2 Å². The second-order valence-electron chi connectivity index (χ2n) is 4.98. The van der Waals surface area contributed by atoms with Crippen molar-refractivity contribution < 1.29 is 19.4 Å². The number of aryl methyl sites for hydroxylation is 1. The Balaban J connectivity index is 2.20. The number of carbonyl (C=O) groups is 1. The van der Waals surface area contributed by atoms with Crippen LogP contribution in [0, 0.1) is 6.92 Å². The van der Waals surface area contributed by atoms with Gasteiger partial charge in [0.2, 0.25) is 0 Å². The Morgan fingerprint density at radius 3 is 2.57 bits per heavy atom. The van der Waals surface area contributed by atoms with Crippen LogP contribution in [-0.2, 0) is 11.4 Å². The highest BCUT2D eigenvalue weighted by atomic mass is 35.5. The maximum Gasteiger partial charge on any atom is 0.328 e. The van der Waals surface area contributed by atoms with Crippen LogP contribution < -0.4 is 9.47 Å². The fraction of sp³-hybridized carbons (Fsp3) is 0.167. The summed E-state index contributed by atoms with van der Waals surface area (Å²) in [6.45, 7) is 2.38. The van der Waals surface area contributed by atoms with Gasteiger partial charge < -0.3 is 14.6 Å². The number of hydrogen-bond acceptors (Lipinski definition) is 3. The van der Waals surface area contributed by atoms with Crippen LogP contribution in [0.25, 0.3) is 6.08 Å². The zero-order chi connectivity index (χ0) is 16.8. The highest BCUT2D eigenvalue weighted by Crippen LogP contribution is 2.37. The molecule has 2 aromatic carbocycles. The van der Waals surface area contributed by atoms with Crippen molar-refractivity contribution in [1.82, 2.24) is 0 Å². The Bertz CT molecular complexity index is 721. The van der Waals surface area contributed by atoms with Gasteiger partial charge >= 0.3 is 5.97 Å². The number of hydrogen-bond donors (Lipinski definition) is 1. The molecule has 1 N–H and O–H groups in total. The van der Waals surface area contributed by atoms with Gasteiger partial charge in [-0.3, -0.25) is 0 Å². The largest absolute Gasteiger partial charge is 0.493 e. The molecule has 4 nitrogen and oxygen atoms in total. The van der Waals surface area contributed by atoms with E-state index in [4.69, 9.17) is 26.2 Å². The van der Waals surface area contributed by atoms with Crippen LogP contribution in [0.4, 0.5) is 0 Å². The number of ether oxygens (including phenoxy) is 2. The molecule has 0 aliphatic carbocycles. The minimum atomic E-state index is -1.03. The lowest BCUT2D eigenvalue weighted by Crippen LogP contribution is -1.99. The smallest absolute Gasteiger partial charge is 0.328 e. The molecule has 23 heavy (non-hydrogen) atoms. The molecular weight excluding hydrogens is 316 g/mol. The van der Waals surface area contributed by atoms with E-state index < -0.39 is 5.97 Å². The first kappa shape index (κ1) is 16.9. The Kier molecular flexibility index (Phi) is 5.66. The van der Waals surface area contributed by atoms with Gasteiger partial charge in [-0.1, -0.05) is 41.4 Å². The van der Waals surface area contributed by atoms with Crippen LogP contribution >= 0.6 is 11.6 Å². The SMILES string of the molecule is COc1cc(C=CC(=O)O)cc(Cl)c1OCc1ccc(C)cc1. The number of methoxy groups -OCH3 is 1. The molecule has 0 amide bonds. The lowest BCUT2D eigenvalue weighted by molar-refractivity contribution is -0.131. The highest BCUT2D eigenvalue weighted by Gasteiger charge is 2.11. The van der Waals surface area contributed by atoms with Gasteiger partial charge in [0.05, 0.1) is 12.1 Å². The minimum Gasteiger partial charge on any atom is -0.493 e. The zero-order valence-corrected chi connectivity index (χ0v) is 13.6. The summed E-state index contributed by atoms with van der Waals surface area (Å²) in [5.74, 6) is -0.142. The van der Waals surface area contributed by atoms with Crippen LogP contribution in [0.15, 0.2) is 42.5 Å². The maximum atomic E-state index is 10.6. The van der Waals surface area contributed by atoms with Crippen molar-refractivity contribution in [2.24, 2.45) is 0 Å². The molecule has 2 aromatic rings. The lowest BCUT2D eigenvalue weighted by Gasteiger charge is -2.13. The third-order valence-corrected chi connectivity index (χ3v) is 3.45. The van der Waals surface area contributed by atoms with E-state index in [2.05, 4.69) is 0 Å². The van der Waals surface area contributed by atoms with Crippen molar-refractivity contribution >= 4 is 23.6 Å². The molecule has 2 rings (SSSR count). The zero-order valence-electron chi connectivity index (χ0n) is 12.9. The third-order valence-electron chi connectivity index (χ3n) is 3.17.